The van der Waals surface area contributed by atoms with Gasteiger partial charge in [-0.15, -0.1) is 0 Å². The molecule has 1 rings (SSSR count). The summed E-state index contributed by atoms with van der Waals surface area (Å²) in [7, 11) is 0. The molecule has 9 heteroatoms. The molecule has 1 aliphatic heterocycles. The lowest BCUT2D eigenvalue weighted by molar-refractivity contribution is -0.364. The predicted molar refractivity (Wildman–Crippen MR) is 51.9 cm³/mol. The van der Waals surface area contributed by atoms with Crippen LogP contribution >= 0.6 is 0 Å². The Morgan fingerprint density at radius 1 is 1.35 bits per heavy atom. The number of hydrogen-bond acceptors (Lipinski definition) is 8. The Kier molecular flexibility index (Phi) is 4.38. The summed E-state index contributed by atoms with van der Waals surface area (Å²) in [6.45, 7) is 0.454. The van der Waals surface area contributed by atoms with E-state index >= 15 is 0 Å². The number of carbonyl (C=O) groups is 1. The summed E-state index contributed by atoms with van der Waals surface area (Å²) in [5, 5.41) is 47.0. The van der Waals surface area contributed by atoms with Crippen LogP contribution in [0.4, 0.5) is 0 Å². The second-order valence-corrected chi connectivity index (χ2v) is 3.77. The van der Waals surface area contributed by atoms with Gasteiger partial charge in [-0.3, -0.25) is 10.2 Å². The summed E-state index contributed by atoms with van der Waals surface area (Å²) in [6, 6.07) is 0. The summed E-state index contributed by atoms with van der Waals surface area (Å²) in [5.74, 6) is -3.08. The molecule has 1 aliphatic rings. The fourth-order valence-corrected chi connectivity index (χ4v) is 1.43. The maximum atomic E-state index is 10.6. The number of nitrogens with one attached hydrogen (secondary N) is 2. The molecule has 0 radical (unpaired) electrons. The van der Waals surface area contributed by atoms with E-state index < -0.39 is 42.8 Å². The molecule has 100 valence electrons. The lowest BCUT2D eigenvalue weighted by Gasteiger charge is -2.45. The SMILES string of the molecule is CC(=O)NNC1(O)OC(CO)C(O)C(O)C1O. The first-order valence-electron chi connectivity index (χ1n) is 4.91. The zero-order valence-corrected chi connectivity index (χ0v) is 9.07. The third-order valence-electron chi connectivity index (χ3n) is 2.38. The van der Waals surface area contributed by atoms with E-state index in [-0.39, 0.29) is 0 Å². The monoisotopic (exact) mass is 252 g/mol. The van der Waals surface area contributed by atoms with Crippen molar-refractivity contribution in [3.63, 3.8) is 0 Å². The fraction of sp³-hybridized carbons (Fsp3) is 0.875. The van der Waals surface area contributed by atoms with Crippen molar-refractivity contribution in [2.75, 3.05) is 6.61 Å². The molecule has 7 N–H and O–H groups in total. The molecule has 0 spiro atoms. The molecule has 0 aliphatic carbocycles. The van der Waals surface area contributed by atoms with Crippen molar-refractivity contribution in [1.29, 1.82) is 0 Å². The number of aliphatic hydroxyl groups is 5. The van der Waals surface area contributed by atoms with E-state index in [1.165, 1.54) is 0 Å². The third kappa shape index (κ3) is 2.90. The second-order valence-electron chi connectivity index (χ2n) is 3.77. The van der Waals surface area contributed by atoms with Crippen molar-refractivity contribution in [3.05, 3.63) is 0 Å². The number of aliphatic hydroxyl groups excluding tert-OH is 4. The molecular formula is C8H16N2O7. The van der Waals surface area contributed by atoms with Crippen LogP contribution in [0.2, 0.25) is 0 Å². The summed E-state index contributed by atoms with van der Waals surface area (Å²) >= 11 is 0. The van der Waals surface area contributed by atoms with E-state index in [1.807, 2.05) is 10.9 Å². The molecule has 0 aromatic heterocycles. The maximum absolute atomic E-state index is 10.6. The van der Waals surface area contributed by atoms with Crippen LogP contribution in [-0.2, 0) is 9.53 Å². The van der Waals surface area contributed by atoms with Crippen molar-refractivity contribution in [1.82, 2.24) is 10.9 Å². The Bertz CT molecular complexity index is 287. The molecule has 1 amide bonds. The molecular weight excluding hydrogens is 236 g/mol. The van der Waals surface area contributed by atoms with Crippen molar-refractivity contribution in [2.45, 2.75) is 37.3 Å². The van der Waals surface area contributed by atoms with Crippen LogP contribution in [-0.4, -0.2) is 68.4 Å². The van der Waals surface area contributed by atoms with Gasteiger partial charge in [0.2, 0.25) is 5.91 Å². The molecule has 5 unspecified atom stereocenters. The largest absolute Gasteiger partial charge is 0.394 e. The van der Waals surface area contributed by atoms with Gasteiger partial charge >= 0.3 is 0 Å². The smallest absolute Gasteiger partial charge is 0.272 e. The minimum atomic E-state index is -2.50. The Hall–Kier alpha value is -0.810. The number of amides is 1. The van der Waals surface area contributed by atoms with Crippen LogP contribution in [0.3, 0.4) is 0 Å². The van der Waals surface area contributed by atoms with Crippen molar-refractivity contribution >= 4 is 5.91 Å². The van der Waals surface area contributed by atoms with Gasteiger partial charge in [0.05, 0.1) is 6.61 Å². The van der Waals surface area contributed by atoms with E-state index in [0.717, 1.165) is 6.92 Å². The molecule has 1 saturated heterocycles. The molecule has 0 bridgehead atoms. The third-order valence-corrected chi connectivity index (χ3v) is 2.38. The second kappa shape index (κ2) is 5.23. The van der Waals surface area contributed by atoms with Crippen molar-refractivity contribution < 1.29 is 35.1 Å². The van der Waals surface area contributed by atoms with E-state index in [4.69, 9.17) is 9.84 Å². The van der Waals surface area contributed by atoms with Crippen LogP contribution < -0.4 is 10.9 Å². The van der Waals surface area contributed by atoms with E-state index in [9.17, 15) is 25.2 Å². The van der Waals surface area contributed by atoms with Gasteiger partial charge in [-0.25, -0.2) is 0 Å². The average Bonchev–Trinajstić information content (AvgIpc) is 2.29. The summed E-state index contributed by atoms with van der Waals surface area (Å²) in [5.41, 5.74) is 3.93. The molecule has 9 nitrogen and oxygen atoms in total. The molecule has 1 heterocycles. The van der Waals surface area contributed by atoms with Gasteiger partial charge in [0, 0.05) is 6.92 Å². The Morgan fingerprint density at radius 2 is 1.94 bits per heavy atom. The van der Waals surface area contributed by atoms with Crippen LogP contribution in [0.5, 0.6) is 0 Å². The highest BCUT2D eigenvalue weighted by Gasteiger charge is 2.53. The van der Waals surface area contributed by atoms with Gasteiger partial charge in [0.1, 0.15) is 18.3 Å². The zero-order valence-electron chi connectivity index (χ0n) is 9.07. The zero-order chi connectivity index (χ0) is 13.2. The maximum Gasteiger partial charge on any atom is 0.272 e. The van der Waals surface area contributed by atoms with Crippen LogP contribution in [0, 0.1) is 0 Å². The average molecular weight is 252 g/mol. The van der Waals surface area contributed by atoms with Gasteiger partial charge in [0.15, 0.2) is 6.10 Å². The van der Waals surface area contributed by atoms with E-state index in [0.29, 0.717) is 0 Å². The molecule has 0 saturated carbocycles. The highest BCUT2D eigenvalue weighted by molar-refractivity contribution is 5.72. The molecule has 0 aromatic carbocycles. The van der Waals surface area contributed by atoms with Crippen LogP contribution in [0.15, 0.2) is 0 Å². The normalized spacial score (nSPS) is 42.2. The van der Waals surface area contributed by atoms with Crippen LogP contribution in [0.25, 0.3) is 0 Å². The molecule has 1 fully saturated rings. The quantitative estimate of drug-likeness (QED) is 0.197. The van der Waals surface area contributed by atoms with Crippen molar-refractivity contribution in [2.24, 2.45) is 0 Å². The first-order valence-corrected chi connectivity index (χ1v) is 4.91. The number of carbonyl (C=O) groups excluding carboxylic acids is 1. The Morgan fingerprint density at radius 3 is 2.41 bits per heavy atom. The minimum absolute atomic E-state index is 0.574. The number of hydrogen-bond donors (Lipinski definition) is 7. The summed E-state index contributed by atoms with van der Waals surface area (Å²) < 4.78 is 4.79. The standard InChI is InChI=1S/C8H16N2O7/c1-3(12)9-10-8(16)7(15)6(14)5(13)4(2-11)17-8/h4-7,10-11,13-16H,2H2,1H3,(H,9,12). The lowest BCUT2D eigenvalue weighted by atomic mass is 9.97. The number of ether oxygens (including phenoxy) is 1. The summed E-state index contributed by atoms with van der Waals surface area (Å²) in [4.78, 5) is 10.6. The highest BCUT2D eigenvalue weighted by atomic mass is 16.7. The summed E-state index contributed by atoms with van der Waals surface area (Å²) in [6.07, 6.45) is -6.52. The first-order chi connectivity index (χ1) is 7.81. The molecule has 5 atom stereocenters. The minimum Gasteiger partial charge on any atom is -0.394 e. The van der Waals surface area contributed by atoms with Gasteiger partial charge in [-0.2, -0.15) is 5.43 Å². The first kappa shape index (κ1) is 14.3. The van der Waals surface area contributed by atoms with Gasteiger partial charge < -0.3 is 30.3 Å². The highest BCUT2D eigenvalue weighted by Crippen LogP contribution is 2.25. The Labute approximate surface area is 96.6 Å². The molecule has 0 aromatic rings. The van der Waals surface area contributed by atoms with E-state index in [1.54, 1.807) is 0 Å². The number of hydrazine groups is 1. The van der Waals surface area contributed by atoms with Crippen molar-refractivity contribution in [3.8, 4) is 0 Å². The molecule has 17 heavy (non-hydrogen) atoms. The number of rotatable bonds is 3. The van der Waals surface area contributed by atoms with Gasteiger partial charge in [-0.1, -0.05) is 0 Å². The van der Waals surface area contributed by atoms with Gasteiger partial charge in [-0.05, 0) is 0 Å². The Balaban J connectivity index is 2.79. The van der Waals surface area contributed by atoms with Crippen LogP contribution in [0.1, 0.15) is 6.92 Å². The lowest BCUT2D eigenvalue weighted by Crippen LogP contribution is -2.72. The predicted octanol–water partition coefficient (Wildman–Crippen LogP) is -4.25. The topological polar surface area (TPSA) is 152 Å². The fourth-order valence-electron chi connectivity index (χ4n) is 1.43. The van der Waals surface area contributed by atoms with Gasteiger partial charge in [0.25, 0.3) is 5.91 Å². The van der Waals surface area contributed by atoms with E-state index in [2.05, 4.69) is 0 Å².